The van der Waals surface area contributed by atoms with E-state index in [1.54, 1.807) is 11.8 Å². The van der Waals surface area contributed by atoms with E-state index in [9.17, 15) is 9.59 Å². The third-order valence-electron chi connectivity index (χ3n) is 2.59. The minimum absolute atomic E-state index is 0.0586. The maximum absolute atomic E-state index is 11.5. The first-order valence-corrected chi connectivity index (χ1v) is 5.38. The Kier molecular flexibility index (Phi) is 4.70. The van der Waals surface area contributed by atoms with Crippen LogP contribution in [0.5, 0.6) is 0 Å². The third-order valence-corrected chi connectivity index (χ3v) is 2.59. The zero-order valence-corrected chi connectivity index (χ0v) is 9.39. The normalized spacial score (nSPS) is 19.5. The number of carbonyl (C=O) groups excluding carboxylic acids is 1. The number of aliphatic carboxylic acids is 1. The second-order valence-electron chi connectivity index (χ2n) is 4.02. The Morgan fingerprint density at radius 1 is 1.50 bits per heavy atom. The van der Waals surface area contributed by atoms with E-state index in [-0.39, 0.29) is 18.6 Å². The van der Waals surface area contributed by atoms with Gasteiger partial charge in [-0.1, -0.05) is 0 Å². The van der Waals surface area contributed by atoms with Crippen molar-refractivity contribution in [3.63, 3.8) is 0 Å². The molecule has 0 aromatic heterocycles. The van der Waals surface area contributed by atoms with Crippen LogP contribution in [0.2, 0.25) is 0 Å². The standard InChI is InChI=1S/C10H18N2O4/c1-7(11)10(15)12-4-2-8(3-5-12)16-6-9(13)14/h7-8H,2-6,11H2,1H3,(H,13,14). The van der Waals surface area contributed by atoms with Crippen LogP contribution < -0.4 is 5.73 Å². The highest BCUT2D eigenvalue weighted by Crippen LogP contribution is 2.14. The lowest BCUT2D eigenvalue weighted by Crippen LogP contribution is -2.47. The third kappa shape index (κ3) is 3.79. The quantitative estimate of drug-likeness (QED) is 0.674. The summed E-state index contributed by atoms with van der Waals surface area (Å²) >= 11 is 0. The first-order valence-electron chi connectivity index (χ1n) is 5.38. The summed E-state index contributed by atoms with van der Waals surface area (Å²) in [7, 11) is 0. The molecule has 1 heterocycles. The van der Waals surface area contributed by atoms with Gasteiger partial charge in [-0.15, -0.1) is 0 Å². The summed E-state index contributed by atoms with van der Waals surface area (Å²) in [5.41, 5.74) is 5.50. The molecule has 16 heavy (non-hydrogen) atoms. The highest BCUT2D eigenvalue weighted by molar-refractivity contribution is 5.81. The molecule has 1 rings (SSSR count). The van der Waals surface area contributed by atoms with E-state index < -0.39 is 12.0 Å². The van der Waals surface area contributed by atoms with Gasteiger partial charge in [-0.3, -0.25) is 4.79 Å². The highest BCUT2D eigenvalue weighted by Gasteiger charge is 2.25. The largest absolute Gasteiger partial charge is 0.480 e. The molecule has 6 nitrogen and oxygen atoms in total. The van der Waals surface area contributed by atoms with Crippen molar-refractivity contribution in [3.8, 4) is 0 Å². The van der Waals surface area contributed by atoms with E-state index in [4.69, 9.17) is 15.6 Å². The average Bonchev–Trinajstić information content (AvgIpc) is 2.26. The molecule has 1 saturated heterocycles. The molecule has 1 aliphatic heterocycles. The van der Waals surface area contributed by atoms with Crippen molar-refractivity contribution in [1.29, 1.82) is 0 Å². The second kappa shape index (κ2) is 5.81. The summed E-state index contributed by atoms with van der Waals surface area (Å²) in [6.07, 6.45) is 1.28. The van der Waals surface area contributed by atoms with Crippen LogP contribution in [0.1, 0.15) is 19.8 Å². The van der Waals surface area contributed by atoms with Crippen LogP contribution in [0.15, 0.2) is 0 Å². The molecule has 1 fully saturated rings. The van der Waals surface area contributed by atoms with Crippen LogP contribution in [-0.2, 0) is 14.3 Å². The van der Waals surface area contributed by atoms with Gasteiger partial charge in [-0.05, 0) is 19.8 Å². The van der Waals surface area contributed by atoms with Crippen molar-refractivity contribution in [3.05, 3.63) is 0 Å². The van der Waals surface area contributed by atoms with Crippen LogP contribution in [0, 0.1) is 0 Å². The summed E-state index contributed by atoms with van der Waals surface area (Å²) in [6.45, 7) is 2.57. The van der Waals surface area contributed by atoms with E-state index in [1.165, 1.54) is 0 Å². The Balaban J connectivity index is 2.28. The molecule has 0 aromatic rings. The summed E-state index contributed by atoms with van der Waals surface area (Å²) in [5.74, 6) is -1.02. The number of piperidine rings is 1. The number of amides is 1. The fourth-order valence-electron chi connectivity index (χ4n) is 1.72. The van der Waals surface area contributed by atoms with Crippen molar-refractivity contribution in [2.45, 2.75) is 31.9 Å². The Bertz CT molecular complexity index is 260. The van der Waals surface area contributed by atoms with Gasteiger partial charge in [0.15, 0.2) is 0 Å². The number of carbonyl (C=O) groups is 2. The van der Waals surface area contributed by atoms with E-state index >= 15 is 0 Å². The summed E-state index contributed by atoms with van der Waals surface area (Å²) in [5, 5.41) is 8.45. The van der Waals surface area contributed by atoms with Crippen molar-refractivity contribution in [1.82, 2.24) is 4.90 Å². The van der Waals surface area contributed by atoms with Gasteiger partial charge in [0.25, 0.3) is 0 Å². The predicted molar refractivity (Wildman–Crippen MR) is 56.8 cm³/mol. The average molecular weight is 230 g/mol. The Hall–Kier alpha value is -1.14. The Labute approximate surface area is 94.3 Å². The SMILES string of the molecule is CC(N)C(=O)N1CCC(OCC(=O)O)CC1. The molecular weight excluding hydrogens is 212 g/mol. The fraction of sp³-hybridized carbons (Fsp3) is 0.800. The maximum atomic E-state index is 11.5. The van der Waals surface area contributed by atoms with Crippen molar-refractivity contribution >= 4 is 11.9 Å². The number of carboxylic acids is 1. The van der Waals surface area contributed by atoms with E-state index in [0.717, 1.165) is 0 Å². The number of nitrogens with two attached hydrogens (primary N) is 1. The van der Waals surface area contributed by atoms with Crippen LogP contribution in [0.25, 0.3) is 0 Å². The first-order chi connectivity index (χ1) is 7.50. The number of nitrogens with zero attached hydrogens (tertiary/aromatic N) is 1. The van der Waals surface area contributed by atoms with E-state index in [1.807, 2.05) is 0 Å². The highest BCUT2D eigenvalue weighted by atomic mass is 16.5. The molecule has 0 aliphatic carbocycles. The lowest BCUT2D eigenvalue weighted by atomic mass is 10.1. The molecule has 1 aliphatic rings. The monoisotopic (exact) mass is 230 g/mol. The number of rotatable bonds is 4. The molecule has 0 bridgehead atoms. The lowest BCUT2D eigenvalue weighted by Gasteiger charge is -2.32. The Morgan fingerprint density at radius 2 is 2.06 bits per heavy atom. The number of hydrogen-bond acceptors (Lipinski definition) is 4. The summed E-state index contributed by atoms with van der Waals surface area (Å²) < 4.78 is 5.16. The molecule has 6 heteroatoms. The topological polar surface area (TPSA) is 92.9 Å². The molecule has 92 valence electrons. The van der Waals surface area contributed by atoms with Crippen LogP contribution >= 0.6 is 0 Å². The van der Waals surface area contributed by atoms with Gasteiger partial charge in [0.2, 0.25) is 5.91 Å². The van der Waals surface area contributed by atoms with Crippen LogP contribution in [-0.4, -0.2) is 53.7 Å². The zero-order valence-electron chi connectivity index (χ0n) is 9.39. The number of ether oxygens (including phenoxy) is 1. The molecule has 3 N–H and O–H groups in total. The van der Waals surface area contributed by atoms with Gasteiger partial charge < -0.3 is 20.5 Å². The number of hydrogen-bond donors (Lipinski definition) is 2. The van der Waals surface area contributed by atoms with Gasteiger partial charge in [0, 0.05) is 13.1 Å². The van der Waals surface area contributed by atoms with E-state index in [0.29, 0.717) is 25.9 Å². The predicted octanol–water partition coefficient (Wildman–Crippen LogP) is -0.574. The molecule has 1 unspecified atom stereocenters. The smallest absolute Gasteiger partial charge is 0.329 e. The zero-order chi connectivity index (χ0) is 12.1. The molecule has 0 aromatic carbocycles. The number of likely N-dealkylation sites (tertiary alicyclic amines) is 1. The number of carboxylic acid groups (broad SMARTS) is 1. The van der Waals surface area contributed by atoms with Crippen LogP contribution in [0.3, 0.4) is 0 Å². The van der Waals surface area contributed by atoms with Crippen molar-refractivity contribution in [2.75, 3.05) is 19.7 Å². The first kappa shape index (κ1) is 12.9. The maximum Gasteiger partial charge on any atom is 0.329 e. The van der Waals surface area contributed by atoms with E-state index in [2.05, 4.69) is 0 Å². The molecule has 1 atom stereocenters. The van der Waals surface area contributed by atoms with Gasteiger partial charge in [-0.25, -0.2) is 4.79 Å². The minimum Gasteiger partial charge on any atom is -0.480 e. The second-order valence-corrected chi connectivity index (χ2v) is 4.02. The summed E-state index contributed by atoms with van der Waals surface area (Å²) in [4.78, 5) is 23.5. The minimum atomic E-state index is -0.964. The Morgan fingerprint density at radius 3 is 2.50 bits per heavy atom. The van der Waals surface area contributed by atoms with Crippen LogP contribution in [0.4, 0.5) is 0 Å². The van der Waals surface area contributed by atoms with Crippen molar-refractivity contribution in [2.24, 2.45) is 5.73 Å². The van der Waals surface area contributed by atoms with Gasteiger partial charge in [0.05, 0.1) is 12.1 Å². The van der Waals surface area contributed by atoms with Gasteiger partial charge in [0.1, 0.15) is 6.61 Å². The molecule has 1 amide bonds. The molecular formula is C10H18N2O4. The molecule has 0 spiro atoms. The summed E-state index contributed by atoms with van der Waals surface area (Å²) in [6, 6.07) is -0.475. The van der Waals surface area contributed by atoms with Crippen molar-refractivity contribution < 1.29 is 19.4 Å². The van der Waals surface area contributed by atoms with Gasteiger partial charge >= 0.3 is 5.97 Å². The molecule has 0 radical (unpaired) electrons. The fourth-order valence-corrected chi connectivity index (χ4v) is 1.72. The lowest BCUT2D eigenvalue weighted by molar-refractivity contribution is -0.147. The van der Waals surface area contributed by atoms with Gasteiger partial charge in [-0.2, -0.15) is 0 Å². The molecule has 0 saturated carbocycles.